The van der Waals surface area contributed by atoms with E-state index in [4.69, 9.17) is 9.88 Å². The summed E-state index contributed by atoms with van der Waals surface area (Å²) in [5, 5.41) is 20.4. The number of nitrogens with zero attached hydrogens (tertiary/aromatic N) is 2. The molecule has 0 radical (unpaired) electrons. The van der Waals surface area contributed by atoms with E-state index in [2.05, 4.69) is 30.1 Å². The lowest BCUT2D eigenvalue weighted by molar-refractivity contribution is 0.0571. The lowest BCUT2D eigenvalue weighted by Gasteiger charge is -2.42. The van der Waals surface area contributed by atoms with E-state index in [1.165, 1.54) is 28.1 Å². The Hall–Kier alpha value is -0.650. The van der Waals surface area contributed by atoms with Crippen molar-refractivity contribution in [3.05, 3.63) is 21.7 Å². The molecule has 0 spiro atoms. The molecule has 0 aromatic rings. The fraction of sp³-hybridized carbons (Fsp3) is 0.667. The number of nitrogens with one attached hydrogen (secondary N) is 1. The van der Waals surface area contributed by atoms with Crippen LogP contribution in [-0.2, 0) is 4.74 Å². The third kappa shape index (κ3) is 3.03. The standard InChI is InChI=1S/C15H22N4OS2/c1-15(2)7-10-11(8-16)14(22-17)21-13(12(10)9-18-15)19-3-5-20-6-4-19/h14,18H,3-7,9,17H2,1-2H3. The minimum atomic E-state index is -0.00417. The van der Waals surface area contributed by atoms with Gasteiger partial charge in [0.05, 0.1) is 29.9 Å². The number of hydrogen-bond acceptors (Lipinski definition) is 7. The van der Waals surface area contributed by atoms with Crippen LogP contribution in [0.2, 0.25) is 0 Å². The minimum Gasteiger partial charge on any atom is -0.378 e. The van der Waals surface area contributed by atoms with Crippen molar-refractivity contribution in [3.8, 4) is 6.07 Å². The van der Waals surface area contributed by atoms with Crippen LogP contribution in [0.3, 0.4) is 0 Å². The van der Waals surface area contributed by atoms with Crippen molar-refractivity contribution in [1.82, 2.24) is 10.2 Å². The van der Waals surface area contributed by atoms with Gasteiger partial charge >= 0.3 is 0 Å². The quantitative estimate of drug-likeness (QED) is 0.744. The minimum absolute atomic E-state index is 0.00417. The third-order valence-electron chi connectivity index (χ3n) is 4.31. The van der Waals surface area contributed by atoms with Gasteiger partial charge in [0.15, 0.2) is 0 Å². The summed E-state index contributed by atoms with van der Waals surface area (Å²) in [7, 11) is 0. The van der Waals surface area contributed by atoms with Crippen LogP contribution in [0.5, 0.6) is 0 Å². The van der Waals surface area contributed by atoms with Gasteiger partial charge in [0.1, 0.15) is 4.58 Å². The largest absolute Gasteiger partial charge is 0.378 e. The van der Waals surface area contributed by atoms with Crippen molar-refractivity contribution in [2.45, 2.75) is 30.4 Å². The Labute approximate surface area is 140 Å². The zero-order valence-electron chi connectivity index (χ0n) is 13.0. The van der Waals surface area contributed by atoms with Gasteiger partial charge in [-0.25, -0.2) is 0 Å². The lowest BCUT2D eigenvalue weighted by atomic mass is 9.83. The monoisotopic (exact) mass is 338 g/mol. The number of rotatable bonds is 2. The van der Waals surface area contributed by atoms with Gasteiger partial charge in [-0.15, -0.1) is 0 Å². The molecule has 3 aliphatic rings. The van der Waals surface area contributed by atoms with Gasteiger partial charge in [-0.1, -0.05) is 23.7 Å². The maximum atomic E-state index is 9.63. The second kappa shape index (κ2) is 6.46. The van der Waals surface area contributed by atoms with Crippen molar-refractivity contribution in [1.29, 1.82) is 5.26 Å². The number of nitrogens with two attached hydrogens (primary N) is 1. The van der Waals surface area contributed by atoms with Crippen molar-refractivity contribution >= 4 is 23.7 Å². The predicted molar refractivity (Wildman–Crippen MR) is 91.9 cm³/mol. The highest BCUT2D eigenvalue weighted by molar-refractivity contribution is 8.18. The number of ether oxygens (including phenoxy) is 1. The van der Waals surface area contributed by atoms with Crippen molar-refractivity contribution in [2.24, 2.45) is 5.14 Å². The zero-order chi connectivity index (χ0) is 15.7. The molecule has 1 unspecified atom stereocenters. The second-order valence-corrected chi connectivity index (χ2v) is 8.52. The first-order valence-corrected chi connectivity index (χ1v) is 9.34. The van der Waals surface area contributed by atoms with Gasteiger partial charge in [0.2, 0.25) is 0 Å². The van der Waals surface area contributed by atoms with Crippen LogP contribution in [0, 0.1) is 11.3 Å². The van der Waals surface area contributed by atoms with E-state index >= 15 is 0 Å². The Kier molecular flexibility index (Phi) is 4.76. The average molecular weight is 339 g/mol. The molecule has 120 valence electrons. The SMILES string of the molecule is CC1(C)CC2=C(C#N)C(SN)SC(N3CCOCC3)=C2CN1. The lowest BCUT2D eigenvalue weighted by Crippen LogP contribution is -2.47. The van der Waals surface area contributed by atoms with Crippen LogP contribution in [0.4, 0.5) is 0 Å². The first-order valence-electron chi connectivity index (χ1n) is 7.52. The Morgan fingerprint density at radius 1 is 1.41 bits per heavy atom. The molecule has 22 heavy (non-hydrogen) atoms. The number of piperidine rings is 1. The summed E-state index contributed by atoms with van der Waals surface area (Å²) in [4.78, 5) is 2.39. The van der Waals surface area contributed by atoms with Crippen molar-refractivity contribution in [3.63, 3.8) is 0 Å². The molecule has 2 saturated heterocycles. The molecule has 0 aromatic carbocycles. The Morgan fingerprint density at radius 2 is 2.14 bits per heavy atom. The number of hydrogen-bond donors (Lipinski definition) is 2. The highest BCUT2D eigenvalue weighted by Crippen LogP contribution is 2.47. The third-order valence-corrected chi connectivity index (χ3v) is 6.59. The van der Waals surface area contributed by atoms with Crippen LogP contribution >= 0.6 is 23.7 Å². The molecule has 3 aliphatic heterocycles. The van der Waals surface area contributed by atoms with Crippen LogP contribution < -0.4 is 10.5 Å². The number of morpholine rings is 1. The predicted octanol–water partition coefficient (Wildman–Crippen LogP) is 1.80. The van der Waals surface area contributed by atoms with E-state index in [1.807, 2.05) is 0 Å². The summed E-state index contributed by atoms with van der Waals surface area (Å²) in [5.41, 5.74) is 3.35. The number of nitriles is 1. The second-order valence-electron chi connectivity index (χ2n) is 6.39. The summed E-state index contributed by atoms with van der Waals surface area (Å²) in [6, 6.07) is 2.42. The molecule has 3 heterocycles. The van der Waals surface area contributed by atoms with E-state index in [1.54, 1.807) is 11.8 Å². The zero-order valence-corrected chi connectivity index (χ0v) is 14.6. The summed E-state index contributed by atoms with van der Waals surface area (Å²) in [6.07, 6.45) is 0.872. The molecule has 2 fully saturated rings. The normalized spacial score (nSPS) is 28.5. The topological polar surface area (TPSA) is 74.3 Å². The van der Waals surface area contributed by atoms with E-state index in [-0.39, 0.29) is 10.1 Å². The fourth-order valence-electron chi connectivity index (χ4n) is 3.13. The molecule has 3 N–H and O–H groups in total. The highest BCUT2D eigenvalue weighted by atomic mass is 32.2. The smallest absolute Gasteiger partial charge is 0.106 e. The Balaban J connectivity index is 2.03. The summed E-state index contributed by atoms with van der Waals surface area (Å²) < 4.78 is 5.47. The molecule has 1 atom stereocenters. The molecule has 0 aliphatic carbocycles. The molecule has 0 saturated carbocycles. The highest BCUT2D eigenvalue weighted by Gasteiger charge is 2.38. The molecule has 0 aromatic heterocycles. The molecular formula is C15H22N4OS2. The van der Waals surface area contributed by atoms with Gasteiger partial charge in [-0.3, -0.25) is 5.14 Å². The molecule has 0 bridgehead atoms. The van der Waals surface area contributed by atoms with E-state index in [0.29, 0.717) is 0 Å². The average Bonchev–Trinajstić information content (AvgIpc) is 2.53. The van der Waals surface area contributed by atoms with Crippen LogP contribution in [0.1, 0.15) is 20.3 Å². The van der Waals surface area contributed by atoms with Crippen molar-refractivity contribution < 1.29 is 4.74 Å². The van der Waals surface area contributed by atoms with Crippen LogP contribution in [-0.4, -0.2) is 47.9 Å². The number of thioether (sulfide) groups is 1. The first kappa shape index (κ1) is 16.2. The molecule has 3 rings (SSSR count). The van der Waals surface area contributed by atoms with Crippen LogP contribution in [0.25, 0.3) is 0 Å². The summed E-state index contributed by atoms with van der Waals surface area (Å²) in [6.45, 7) is 8.54. The maximum Gasteiger partial charge on any atom is 0.106 e. The molecule has 7 heteroatoms. The number of fused-ring (bicyclic) bond motifs is 1. The summed E-state index contributed by atoms with van der Waals surface area (Å²) >= 11 is 3.00. The summed E-state index contributed by atoms with van der Waals surface area (Å²) in [5.74, 6) is 0. The molecular weight excluding hydrogens is 316 g/mol. The molecule has 5 nitrogen and oxygen atoms in total. The van der Waals surface area contributed by atoms with E-state index < -0.39 is 0 Å². The van der Waals surface area contributed by atoms with E-state index in [9.17, 15) is 5.26 Å². The van der Waals surface area contributed by atoms with Gasteiger partial charge in [-0.05, 0) is 25.8 Å². The molecule has 0 amide bonds. The van der Waals surface area contributed by atoms with Crippen LogP contribution in [0.15, 0.2) is 21.7 Å². The van der Waals surface area contributed by atoms with Gasteiger partial charge < -0.3 is 15.0 Å². The first-order chi connectivity index (χ1) is 10.6. The van der Waals surface area contributed by atoms with Gasteiger partial charge in [-0.2, -0.15) is 5.26 Å². The van der Waals surface area contributed by atoms with E-state index in [0.717, 1.165) is 44.8 Å². The Bertz CT molecular complexity index is 558. The van der Waals surface area contributed by atoms with Gasteiger partial charge in [0, 0.05) is 30.7 Å². The van der Waals surface area contributed by atoms with Crippen molar-refractivity contribution in [2.75, 3.05) is 32.8 Å². The maximum absolute atomic E-state index is 9.63. The fourth-order valence-corrected chi connectivity index (χ4v) is 5.14. The van der Waals surface area contributed by atoms with Gasteiger partial charge in [0.25, 0.3) is 0 Å². The Morgan fingerprint density at radius 3 is 2.77 bits per heavy atom.